The summed E-state index contributed by atoms with van der Waals surface area (Å²) in [5.41, 5.74) is 0. The molecular weight excluding hydrogens is 925 g/mol. The second-order valence-corrected chi connectivity index (χ2v) is 22.7. The van der Waals surface area contributed by atoms with Gasteiger partial charge in [-0.15, -0.1) is 0 Å². The second kappa shape index (κ2) is 64.2. The Labute approximate surface area is 467 Å². The number of unbranched alkanes of at least 4 members (excludes halogenated alkanes) is 45. The Hall–Kier alpha value is -2.37. The van der Waals surface area contributed by atoms with Gasteiger partial charge in [-0.1, -0.05) is 314 Å². The van der Waals surface area contributed by atoms with Crippen LogP contribution in [0.5, 0.6) is 0 Å². The number of esters is 3. The quantitative estimate of drug-likeness (QED) is 0.0261. The Morgan fingerprint density at radius 1 is 0.267 bits per heavy atom. The zero-order valence-electron chi connectivity index (χ0n) is 50.6. The van der Waals surface area contributed by atoms with Gasteiger partial charge in [0.1, 0.15) is 13.2 Å². The fourth-order valence-electron chi connectivity index (χ4n) is 10.1. The van der Waals surface area contributed by atoms with Crippen LogP contribution in [0.1, 0.15) is 367 Å². The fourth-order valence-corrected chi connectivity index (χ4v) is 10.1. The fraction of sp³-hybridized carbons (Fsp3) is 0.870. The van der Waals surface area contributed by atoms with E-state index in [1.807, 2.05) is 0 Å². The lowest BCUT2D eigenvalue weighted by atomic mass is 10.0. The van der Waals surface area contributed by atoms with Crippen LogP contribution >= 0.6 is 0 Å². The topological polar surface area (TPSA) is 78.9 Å². The van der Waals surface area contributed by atoms with Gasteiger partial charge in [0, 0.05) is 19.3 Å². The van der Waals surface area contributed by atoms with Crippen molar-refractivity contribution in [3.63, 3.8) is 0 Å². The number of hydrogen-bond donors (Lipinski definition) is 0. The van der Waals surface area contributed by atoms with E-state index < -0.39 is 6.10 Å². The molecule has 6 heteroatoms. The third kappa shape index (κ3) is 62.4. The molecule has 0 aromatic heterocycles. The third-order valence-electron chi connectivity index (χ3n) is 15.1. The molecule has 0 aromatic carbocycles. The molecule has 0 N–H and O–H groups in total. The van der Waals surface area contributed by atoms with E-state index in [0.29, 0.717) is 19.3 Å². The lowest BCUT2D eigenvalue weighted by molar-refractivity contribution is -0.167. The molecule has 0 aliphatic carbocycles. The van der Waals surface area contributed by atoms with Gasteiger partial charge in [0.2, 0.25) is 0 Å². The molecule has 0 fully saturated rings. The summed E-state index contributed by atoms with van der Waals surface area (Å²) in [7, 11) is 0. The average molecular weight is 1050 g/mol. The van der Waals surface area contributed by atoms with Gasteiger partial charge < -0.3 is 14.2 Å². The zero-order valence-corrected chi connectivity index (χ0v) is 50.6. The Morgan fingerprint density at radius 2 is 0.507 bits per heavy atom. The number of carbonyl (C=O) groups excluding carboxylic acids is 3. The summed E-state index contributed by atoms with van der Waals surface area (Å²) in [6.45, 7) is 6.60. The molecule has 6 nitrogen and oxygen atoms in total. The van der Waals surface area contributed by atoms with Crippen LogP contribution in [0, 0.1) is 0 Å². The first kappa shape index (κ1) is 72.6. The standard InChI is InChI=1S/C69H128O6/c1-4-7-10-13-16-19-22-25-27-28-29-30-31-32-33-34-35-36-37-38-39-40-41-42-45-47-50-53-56-59-62-68(71)74-65-66(64-73-67(70)61-58-55-52-49-46-43-24-21-18-15-12-9-6-3)75-69(72)63-60-57-54-51-48-44-26-23-20-17-14-11-8-5-2/h12,15,21,23-24,26,66H,4-11,13-14,16-20,22,25,27-65H2,1-3H3/b15-12-,24-21-,26-23-. The van der Waals surface area contributed by atoms with E-state index in [2.05, 4.69) is 57.2 Å². The highest BCUT2D eigenvalue weighted by Crippen LogP contribution is 2.18. The van der Waals surface area contributed by atoms with Crippen molar-refractivity contribution in [2.24, 2.45) is 0 Å². The van der Waals surface area contributed by atoms with Crippen molar-refractivity contribution < 1.29 is 28.6 Å². The van der Waals surface area contributed by atoms with E-state index >= 15 is 0 Å². The molecule has 0 heterocycles. The molecule has 75 heavy (non-hydrogen) atoms. The normalized spacial score (nSPS) is 12.2. The van der Waals surface area contributed by atoms with Gasteiger partial charge in [0.15, 0.2) is 6.10 Å². The molecule has 0 saturated heterocycles. The van der Waals surface area contributed by atoms with Gasteiger partial charge in [-0.05, 0) is 70.6 Å². The molecule has 0 radical (unpaired) electrons. The van der Waals surface area contributed by atoms with Crippen molar-refractivity contribution in [3.05, 3.63) is 36.5 Å². The Bertz CT molecular complexity index is 1250. The van der Waals surface area contributed by atoms with Crippen LogP contribution in [0.2, 0.25) is 0 Å². The SMILES string of the molecule is CCC/C=C\C/C=C\CCCCCCCC(=O)OCC(COC(=O)CCCCCCCCCCCCCCCCCCCCCCCCCCCCCCCC)OC(=O)CCCCCCC/C=C\CCCCCCC. The Kier molecular flexibility index (Phi) is 62.1. The summed E-state index contributed by atoms with van der Waals surface area (Å²) in [6.07, 6.45) is 79.0. The molecule has 440 valence electrons. The van der Waals surface area contributed by atoms with E-state index in [1.54, 1.807) is 0 Å². The summed E-state index contributed by atoms with van der Waals surface area (Å²) >= 11 is 0. The maximum atomic E-state index is 12.9. The van der Waals surface area contributed by atoms with Crippen LogP contribution in [0.25, 0.3) is 0 Å². The highest BCUT2D eigenvalue weighted by atomic mass is 16.6. The lowest BCUT2D eigenvalue weighted by Crippen LogP contribution is -2.30. The van der Waals surface area contributed by atoms with Crippen LogP contribution in [0.15, 0.2) is 36.5 Å². The molecule has 0 bridgehead atoms. The van der Waals surface area contributed by atoms with Crippen molar-refractivity contribution in [2.45, 2.75) is 374 Å². The number of hydrogen-bond acceptors (Lipinski definition) is 6. The highest BCUT2D eigenvalue weighted by Gasteiger charge is 2.19. The van der Waals surface area contributed by atoms with Gasteiger partial charge >= 0.3 is 17.9 Å². The van der Waals surface area contributed by atoms with E-state index in [1.165, 1.54) is 238 Å². The van der Waals surface area contributed by atoms with E-state index in [9.17, 15) is 14.4 Å². The first-order valence-corrected chi connectivity index (χ1v) is 33.5. The maximum absolute atomic E-state index is 12.9. The van der Waals surface area contributed by atoms with Crippen LogP contribution in [-0.2, 0) is 28.6 Å². The molecule has 1 atom stereocenters. The number of ether oxygens (including phenoxy) is 3. The molecule has 0 saturated carbocycles. The van der Waals surface area contributed by atoms with Crippen LogP contribution in [0.3, 0.4) is 0 Å². The van der Waals surface area contributed by atoms with E-state index in [-0.39, 0.29) is 31.1 Å². The van der Waals surface area contributed by atoms with Gasteiger partial charge in [-0.2, -0.15) is 0 Å². The smallest absolute Gasteiger partial charge is 0.306 e. The molecule has 0 aliphatic rings. The van der Waals surface area contributed by atoms with Crippen molar-refractivity contribution in [2.75, 3.05) is 13.2 Å². The maximum Gasteiger partial charge on any atom is 0.306 e. The summed E-state index contributed by atoms with van der Waals surface area (Å²) in [5, 5.41) is 0. The van der Waals surface area contributed by atoms with Crippen molar-refractivity contribution in [3.8, 4) is 0 Å². The van der Waals surface area contributed by atoms with Crippen molar-refractivity contribution in [1.82, 2.24) is 0 Å². The molecule has 0 rings (SSSR count). The van der Waals surface area contributed by atoms with Crippen LogP contribution in [-0.4, -0.2) is 37.2 Å². The molecular formula is C69H128O6. The largest absolute Gasteiger partial charge is 0.462 e. The van der Waals surface area contributed by atoms with Gasteiger partial charge in [0.25, 0.3) is 0 Å². The van der Waals surface area contributed by atoms with Gasteiger partial charge in [-0.25, -0.2) is 0 Å². The minimum atomic E-state index is -0.780. The van der Waals surface area contributed by atoms with Crippen LogP contribution < -0.4 is 0 Å². The van der Waals surface area contributed by atoms with Gasteiger partial charge in [0.05, 0.1) is 0 Å². The molecule has 0 amide bonds. The van der Waals surface area contributed by atoms with Crippen molar-refractivity contribution in [1.29, 1.82) is 0 Å². The molecule has 0 aromatic rings. The first-order chi connectivity index (χ1) is 37.0. The second-order valence-electron chi connectivity index (χ2n) is 22.7. The molecule has 0 aliphatic heterocycles. The summed E-state index contributed by atoms with van der Waals surface area (Å²) in [5.74, 6) is -0.879. The number of allylic oxidation sites excluding steroid dienone is 6. The highest BCUT2D eigenvalue weighted by molar-refractivity contribution is 5.71. The summed E-state index contributed by atoms with van der Waals surface area (Å²) in [6, 6.07) is 0. The minimum absolute atomic E-state index is 0.0762. The number of carbonyl (C=O) groups is 3. The van der Waals surface area contributed by atoms with Crippen molar-refractivity contribution >= 4 is 17.9 Å². The molecule has 0 spiro atoms. The summed E-state index contributed by atoms with van der Waals surface area (Å²) < 4.78 is 16.9. The first-order valence-electron chi connectivity index (χ1n) is 33.5. The monoisotopic (exact) mass is 1050 g/mol. The average Bonchev–Trinajstić information content (AvgIpc) is 3.41. The Morgan fingerprint density at radius 3 is 0.800 bits per heavy atom. The summed E-state index contributed by atoms with van der Waals surface area (Å²) in [4.78, 5) is 38.2. The lowest BCUT2D eigenvalue weighted by Gasteiger charge is -2.18. The van der Waals surface area contributed by atoms with Gasteiger partial charge in [-0.3, -0.25) is 14.4 Å². The van der Waals surface area contributed by atoms with E-state index in [0.717, 1.165) is 89.9 Å². The minimum Gasteiger partial charge on any atom is -0.462 e. The zero-order chi connectivity index (χ0) is 54.3. The molecule has 1 unspecified atom stereocenters. The predicted molar refractivity (Wildman–Crippen MR) is 326 cm³/mol. The third-order valence-corrected chi connectivity index (χ3v) is 15.1. The predicted octanol–water partition coefficient (Wildman–Crippen LogP) is 22.8. The number of rotatable bonds is 62. The van der Waals surface area contributed by atoms with Crippen LogP contribution in [0.4, 0.5) is 0 Å². The van der Waals surface area contributed by atoms with E-state index in [4.69, 9.17) is 14.2 Å². The Balaban J connectivity index is 4.11.